The maximum Gasteiger partial charge on any atom is 0.169 e. The topological polar surface area (TPSA) is 14.2 Å². The van der Waals surface area contributed by atoms with E-state index in [1.54, 1.807) is 0 Å². The quantitative estimate of drug-likeness (QED) is 0.166. The molecule has 0 unspecified atom stereocenters. The zero-order valence-electron chi connectivity index (χ0n) is 23.2. The number of benzene rings is 2. The molecule has 4 nitrogen and oxygen atoms in total. The van der Waals surface area contributed by atoms with E-state index in [2.05, 4.69) is 169 Å². The molecule has 2 heterocycles. The zero-order chi connectivity index (χ0) is 26.0. The Labute approximate surface area is 268 Å². The lowest BCUT2D eigenvalue weighted by Gasteiger charge is -2.11. The van der Waals surface area contributed by atoms with Crippen molar-refractivity contribution < 1.29 is 57.1 Å². The highest BCUT2D eigenvalue weighted by Crippen LogP contribution is 2.15. The van der Waals surface area contributed by atoms with Gasteiger partial charge in [0.15, 0.2) is 37.9 Å². The Morgan fingerprint density at radius 3 is 1.03 bits per heavy atom. The molecule has 0 saturated heterocycles. The minimum atomic E-state index is 0. The van der Waals surface area contributed by atoms with Gasteiger partial charge in [-0.25, -0.2) is 9.13 Å². The molecule has 4 aromatic rings. The Kier molecular flexibility index (Phi) is 13.7. The molecule has 2 aromatic heterocycles. The maximum atomic E-state index is 2.25. The summed E-state index contributed by atoms with van der Waals surface area (Å²) in [6, 6.07) is 25.9. The Morgan fingerprint density at radius 1 is 0.462 bits per heavy atom. The van der Waals surface area contributed by atoms with Crippen molar-refractivity contribution in [2.45, 2.75) is 19.5 Å². The van der Waals surface area contributed by atoms with Crippen LogP contribution in [-0.2, 0) is 13.1 Å². The second-order valence-electron chi connectivity index (χ2n) is 9.73. The number of nitrogens with zero attached hydrogens (tertiary/aromatic N) is 4. The van der Waals surface area contributed by atoms with Crippen LogP contribution in [0.5, 0.6) is 0 Å². The second-order valence-corrected chi connectivity index (χ2v) is 9.73. The van der Waals surface area contributed by atoms with Crippen LogP contribution in [0.2, 0.25) is 0 Å². The van der Waals surface area contributed by atoms with Crippen molar-refractivity contribution in [1.29, 1.82) is 0 Å². The number of aryl methyl sites for hydroxylation is 2. The van der Waals surface area contributed by atoms with Gasteiger partial charge in [-0.3, -0.25) is 0 Å². The highest BCUT2D eigenvalue weighted by atomic mass is 127. The van der Waals surface area contributed by atoms with E-state index < -0.39 is 0 Å². The summed E-state index contributed by atoms with van der Waals surface area (Å²) >= 11 is 0. The first-order valence-electron chi connectivity index (χ1n) is 12.9. The summed E-state index contributed by atoms with van der Waals surface area (Å²) in [6.45, 7) is 1.99. The lowest BCUT2D eigenvalue weighted by molar-refractivity contribution is -0.726. The SMILES string of the molecule is CN(C)c1ccc(/C=C/c2cc[n+](CCC[n+]3ccc(/C=C/c4ccc(N(C)C)cc4)cc3)cc2)cc1.[I-].[I-]. The van der Waals surface area contributed by atoms with Gasteiger partial charge >= 0.3 is 0 Å². The van der Waals surface area contributed by atoms with Crippen LogP contribution >= 0.6 is 0 Å². The van der Waals surface area contributed by atoms with Crippen molar-refractivity contribution >= 4 is 35.7 Å². The van der Waals surface area contributed by atoms with Crippen molar-refractivity contribution in [3.63, 3.8) is 0 Å². The predicted octanol–water partition coefficient (Wildman–Crippen LogP) is -0.167. The van der Waals surface area contributed by atoms with E-state index in [4.69, 9.17) is 0 Å². The fraction of sp³-hybridized carbons (Fsp3) is 0.212. The molecule has 0 aliphatic heterocycles. The number of rotatable bonds is 10. The molecule has 0 N–H and O–H groups in total. The van der Waals surface area contributed by atoms with E-state index in [9.17, 15) is 0 Å². The number of pyridine rings is 2. The number of anilines is 2. The van der Waals surface area contributed by atoms with Gasteiger partial charge in [-0.05, 0) is 46.5 Å². The lowest BCUT2D eigenvalue weighted by atomic mass is 10.1. The second kappa shape index (κ2) is 16.4. The highest BCUT2D eigenvalue weighted by Gasteiger charge is 2.05. The molecule has 0 fully saturated rings. The number of aromatic nitrogens is 2. The van der Waals surface area contributed by atoms with E-state index >= 15 is 0 Å². The third-order valence-corrected chi connectivity index (χ3v) is 6.42. The predicted molar refractivity (Wildman–Crippen MR) is 157 cm³/mol. The monoisotopic (exact) mass is 744 g/mol. The fourth-order valence-corrected chi connectivity index (χ4v) is 4.05. The third kappa shape index (κ3) is 10.4. The van der Waals surface area contributed by atoms with Gasteiger partial charge in [-0.2, -0.15) is 0 Å². The summed E-state index contributed by atoms with van der Waals surface area (Å²) in [5, 5.41) is 0. The molecule has 0 amide bonds. The maximum absolute atomic E-state index is 2.25. The van der Waals surface area contributed by atoms with Crippen LogP contribution in [-0.4, -0.2) is 28.2 Å². The Balaban J connectivity index is 0.00000267. The van der Waals surface area contributed by atoms with Gasteiger partial charge in [0.25, 0.3) is 0 Å². The highest BCUT2D eigenvalue weighted by molar-refractivity contribution is 5.71. The molecule has 4 rings (SSSR count). The molecule has 6 heteroatoms. The zero-order valence-corrected chi connectivity index (χ0v) is 27.5. The standard InChI is InChI=1S/C33H38N4.2HI/c1-34(2)32-14-10-28(11-15-32)6-8-30-18-24-36(25-19-30)22-5-23-37-26-20-31(21-27-37)9-7-29-12-16-33(17-13-29)35(3)4;;/h6-21,24-27H,5,22-23H2,1-4H3;2*1H/q+2;;/p-2. The first-order valence-corrected chi connectivity index (χ1v) is 12.9. The Bertz CT molecular complexity index is 1210. The first-order chi connectivity index (χ1) is 18.0. The number of hydrogen-bond donors (Lipinski definition) is 0. The molecule has 0 spiro atoms. The van der Waals surface area contributed by atoms with Crippen LogP contribution in [0.3, 0.4) is 0 Å². The third-order valence-electron chi connectivity index (χ3n) is 6.42. The summed E-state index contributed by atoms with van der Waals surface area (Å²) < 4.78 is 4.50. The van der Waals surface area contributed by atoms with Gasteiger partial charge in [0.05, 0.1) is 6.42 Å². The molecule has 0 bridgehead atoms. The van der Waals surface area contributed by atoms with Crippen molar-refractivity contribution in [3.8, 4) is 0 Å². The molecule has 2 aromatic carbocycles. The number of halogens is 2. The molecule has 0 saturated carbocycles. The summed E-state index contributed by atoms with van der Waals surface area (Å²) in [6.07, 6.45) is 18.4. The van der Waals surface area contributed by atoms with E-state index in [0.29, 0.717) is 0 Å². The van der Waals surface area contributed by atoms with Crippen molar-refractivity contribution in [2.24, 2.45) is 0 Å². The molecular formula is C33H38I2N4. The van der Waals surface area contributed by atoms with E-state index in [0.717, 1.165) is 19.5 Å². The summed E-state index contributed by atoms with van der Waals surface area (Å²) in [5.74, 6) is 0. The van der Waals surface area contributed by atoms with Crippen molar-refractivity contribution in [2.75, 3.05) is 38.0 Å². The molecular weight excluding hydrogens is 706 g/mol. The average Bonchev–Trinajstić information content (AvgIpc) is 2.92. The van der Waals surface area contributed by atoms with Crippen LogP contribution in [0.4, 0.5) is 11.4 Å². The van der Waals surface area contributed by atoms with Gasteiger partial charge in [0.2, 0.25) is 0 Å². The van der Waals surface area contributed by atoms with E-state index in [-0.39, 0.29) is 48.0 Å². The molecule has 204 valence electrons. The molecule has 0 aliphatic carbocycles. The van der Waals surface area contributed by atoms with E-state index in [1.165, 1.54) is 33.6 Å². The Hall–Kier alpha value is -2.72. The van der Waals surface area contributed by atoms with Gasteiger partial charge in [0, 0.05) is 63.8 Å². The van der Waals surface area contributed by atoms with Gasteiger partial charge in [0.1, 0.15) is 0 Å². The normalized spacial score (nSPS) is 10.8. The molecule has 0 atom stereocenters. The van der Waals surface area contributed by atoms with Gasteiger partial charge in [-0.15, -0.1) is 0 Å². The number of hydrogen-bond acceptors (Lipinski definition) is 2. The van der Waals surface area contributed by atoms with Crippen molar-refractivity contribution in [3.05, 3.63) is 120 Å². The smallest absolute Gasteiger partial charge is 0.169 e. The van der Waals surface area contributed by atoms with Crippen LogP contribution < -0.4 is 66.9 Å². The fourth-order valence-electron chi connectivity index (χ4n) is 4.05. The largest absolute Gasteiger partial charge is 1.00 e. The van der Waals surface area contributed by atoms with Crippen LogP contribution in [0.25, 0.3) is 24.3 Å². The average molecular weight is 745 g/mol. The molecule has 0 radical (unpaired) electrons. The molecule has 0 aliphatic rings. The van der Waals surface area contributed by atoms with Gasteiger partial charge in [-0.1, -0.05) is 48.6 Å². The summed E-state index contributed by atoms with van der Waals surface area (Å²) in [4.78, 5) is 4.23. The lowest BCUT2D eigenvalue weighted by Crippen LogP contribution is -3.00. The summed E-state index contributed by atoms with van der Waals surface area (Å²) in [7, 11) is 8.24. The summed E-state index contributed by atoms with van der Waals surface area (Å²) in [5.41, 5.74) is 7.26. The molecule has 39 heavy (non-hydrogen) atoms. The van der Waals surface area contributed by atoms with Crippen LogP contribution in [0.15, 0.2) is 97.6 Å². The first kappa shape index (κ1) is 32.5. The minimum absolute atomic E-state index is 0. The minimum Gasteiger partial charge on any atom is -1.00 e. The van der Waals surface area contributed by atoms with Crippen LogP contribution in [0.1, 0.15) is 28.7 Å². The van der Waals surface area contributed by atoms with E-state index in [1.807, 2.05) is 0 Å². The van der Waals surface area contributed by atoms with Crippen molar-refractivity contribution in [1.82, 2.24) is 0 Å². The Morgan fingerprint density at radius 2 is 0.744 bits per heavy atom. The van der Waals surface area contributed by atoms with Crippen LogP contribution in [0, 0.1) is 0 Å². The van der Waals surface area contributed by atoms with Gasteiger partial charge < -0.3 is 57.8 Å².